The summed E-state index contributed by atoms with van der Waals surface area (Å²) < 4.78 is 31.2. The molecule has 9 heteroatoms. The number of ether oxygens (including phenoxy) is 1. The van der Waals surface area contributed by atoms with Crippen LogP contribution in [-0.2, 0) is 14.8 Å². The average Bonchev–Trinajstić information content (AvgIpc) is 2.83. The fraction of sp³-hybridized carbons (Fsp3) is 0.231. The first-order valence-corrected chi connectivity index (χ1v) is 13.0. The summed E-state index contributed by atoms with van der Waals surface area (Å²) in [7, 11) is -3.75. The second-order valence-electron chi connectivity index (χ2n) is 7.90. The van der Waals surface area contributed by atoms with E-state index < -0.39 is 22.5 Å². The number of carbonyl (C=O) groups excluding carboxylic acids is 2. The molecule has 0 aliphatic rings. The molecule has 0 heterocycles. The lowest BCUT2D eigenvalue weighted by Crippen LogP contribution is -2.37. The number of amides is 2. The highest BCUT2D eigenvalue weighted by Crippen LogP contribution is 2.23. The van der Waals surface area contributed by atoms with Crippen LogP contribution < -0.4 is 19.7 Å². The number of anilines is 2. The first-order chi connectivity index (χ1) is 16.7. The third kappa shape index (κ3) is 7.07. The third-order valence-corrected chi connectivity index (χ3v) is 6.36. The van der Waals surface area contributed by atoms with Crippen molar-refractivity contribution in [1.29, 1.82) is 0 Å². The van der Waals surface area contributed by atoms with Crippen molar-refractivity contribution in [2.75, 3.05) is 29.0 Å². The summed E-state index contributed by atoms with van der Waals surface area (Å²) in [6, 6.07) is 22.3. The van der Waals surface area contributed by atoms with Crippen LogP contribution in [0.25, 0.3) is 0 Å². The molecule has 0 fully saturated rings. The van der Waals surface area contributed by atoms with Crippen LogP contribution in [-0.4, -0.2) is 39.6 Å². The summed E-state index contributed by atoms with van der Waals surface area (Å²) >= 11 is 0. The van der Waals surface area contributed by atoms with Crippen LogP contribution >= 0.6 is 0 Å². The highest BCUT2D eigenvalue weighted by atomic mass is 32.2. The van der Waals surface area contributed by atoms with Gasteiger partial charge >= 0.3 is 0 Å². The quantitative estimate of drug-likeness (QED) is 0.443. The van der Waals surface area contributed by atoms with E-state index >= 15 is 0 Å². The Morgan fingerprint density at radius 2 is 1.57 bits per heavy atom. The van der Waals surface area contributed by atoms with Crippen LogP contribution in [0.4, 0.5) is 11.4 Å². The predicted octanol–water partition coefficient (Wildman–Crippen LogP) is 3.98. The van der Waals surface area contributed by atoms with Gasteiger partial charge in [0.25, 0.3) is 5.91 Å². The molecule has 1 unspecified atom stereocenters. The molecule has 0 aliphatic carbocycles. The average molecular weight is 496 g/mol. The van der Waals surface area contributed by atoms with Gasteiger partial charge in [-0.05, 0) is 55.8 Å². The fourth-order valence-corrected chi connectivity index (χ4v) is 4.34. The molecule has 1 atom stereocenters. The predicted molar refractivity (Wildman–Crippen MR) is 137 cm³/mol. The SMILES string of the molecule is CCOc1ccc(N(CC(=O)Nc2ccccc2C(=O)NC(C)c2ccccc2)S(C)(=O)=O)cc1. The van der Waals surface area contributed by atoms with Crippen LogP contribution in [0.5, 0.6) is 5.75 Å². The second-order valence-corrected chi connectivity index (χ2v) is 9.80. The Bertz CT molecular complexity index is 1260. The highest BCUT2D eigenvalue weighted by Gasteiger charge is 2.22. The molecule has 0 saturated carbocycles. The molecule has 3 aromatic carbocycles. The molecule has 0 spiro atoms. The summed E-state index contributed by atoms with van der Waals surface area (Å²) in [4.78, 5) is 25.8. The Morgan fingerprint density at radius 1 is 0.943 bits per heavy atom. The van der Waals surface area contributed by atoms with E-state index in [-0.39, 0.29) is 23.2 Å². The van der Waals surface area contributed by atoms with Crippen molar-refractivity contribution in [2.45, 2.75) is 19.9 Å². The smallest absolute Gasteiger partial charge is 0.253 e. The van der Waals surface area contributed by atoms with Crippen molar-refractivity contribution in [1.82, 2.24) is 5.32 Å². The summed E-state index contributed by atoms with van der Waals surface area (Å²) in [5, 5.41) is 5.60. The number of hydrogen-bond acceptors (Lipinski definition) is 5. The van der Waals surface area contributed by atoms with E-state index in [1.54, 1.807) is 48.5 Å². The number of rotatable bonds is 10. The van der Waals surface area contributed by atoms with Crippen LogP contribution in [0.1, 0.15) is 35.8 Å². The van der Waals surface area contributed by atoms with Crippen molar-refractivity contribution < 1.29 is 22.7 Å². The molecule has 0 aromatic heterocycles. The Hall–Kier alpha value is -3.85. The maximum Gasteiger partial charge on any atom is 0.253 e. The molecular formula is C26H29N3O5S. The van der Waals surface area contributed by atoms with Gasteiger partial charge in [0.05, 0.1) is 35.8 Å². The molecule has 35 heavy (non-hydrogen) atoms. The van der Waals surface area contributed by atoms with Gasteiger partial charge in [-0.25, -0.2) is 8.42 Å². The summed E-state index contributed by atoms with van der Waals surface area (Å²) in [5.74, 6) is -0.344. The normalized spacial score (nSPS) is 11.9. The molecule has 3 rings (SSSR count). The van der Waals surface area contributed by atoms with Crippen molar-refractivity contribution in [3.05, 3.63) is 90.0 Å². The lowest BCUT2D eigenvalue weighted by Gasteiger charge is -2.22. The zero-order chi connectivity index (χ0) is 25.4. The van der Waals surface area contributed by atoms with Crippen molar-refractivity contribution in [3.8, 4) is 5.75 Å². The molecule has 2 amide bonds. The Kier molecular flexibility index (Phi) is 8.48. The molecule has 184 valence electrons. The van der Waals surface area contributed by atoms with Gasteiger partial charge in [0, 0.05) is 0 Å². The number of hydrogen-bond donors (Lipinski definition) is 2. The van der Waals surface area contributed by atoms with Crippen molar-refractivity contribution in [2.24, 2.45) is 0 Å². The fourth-order valence-electron chi connectivity index (χ4n) is 3.49. The number of para-hydroxylation sites is 1. The Balaban J connectivity index is 1.74. The maximum atomic E-state index is 12.9. The summed E-state index contributed by atoms with van der Waals surface area (Å²) in [5.41, 5.74) is 1.83. The lowest BCUT2D eigenvalue weighted by atomic mass is 10.1. The van der Waals surface area contributed by atoms with Crippen LogP contribution in [0.2, 0.25) is 0 Å². The van der Waals surface area contributed by atoms with Gasteiger partial charge < -0.3 is 15.4 Å². The van der Waals surface area contributed by atoms with Gasteiger partial charge in [0.1, 0.15) is 12.3 Å². The molecule has 3 aromatic rings. The van der Waals surface area contributed by atoms with Gasteiger partial charge in [-0.3, -0.25) is 13.9 Å². The monoisotopic (exact) mass is 495 g/mol. The maximum absolute atomic E-state index is 12.9. The minimum atomic E-state index is -3.75. The lowest BCUT2D eigenvalue weighted by molar-refractivity contribution is -0.114. The van der Waals surface area contributed by atoms with Gasteiger partial charge in [-0.1, -0.05) is 42.5 Å². The second kappa shape index (κ2) is 11.5. The van der Waals surface area contributed by atoms with Gasteiger partial charge in [-0.15, -0.1) is 0 Å². The minimum absolute atomic E-state index is 0.243. The minimum Gasteiger partial charge on any atom is -0.494 e. The number of benzene rings is 3. The number of nitrogens with one attached hydrogen (secondary N) is 2. The van der Waals surface area contributed by atoms with E-state index in [1.165, 1.54) is 0 Å². The van der Waals surface area contributed by atoms with E-state index in [9.17, 15) is 18.0 Å². The first-order valence-electron chi connectivity index (χ1n) is 11.1. The molecule has 0 saturated heterocycles. The summed E-state index contributed by atoms with van der Waals surface area (Å²) in [6.07, 6.45) is 1.03. The van der Waals surface area contributed by atoms with E-state index in [2.05, 4.69) is 10.6 Å². The van der Waals surface area contributed by atoms with Crippen LogP contribution in [0.15, 0.2) is 78.9 Å². The summed E-state index contributed by atoms with van der Waals surface area (Å²) in [6.45, 7) is 3.74. The first kappa shape index (κ1) is 25.8. The highest BCUT2D eigenvalue weighted by molar-refractivity contribution is 7.92. The number of nitrogens with zero attached hydrogens (tertiary/aromatic N) is 1. The number of sulfonamides is 1. The molecule has 8 nitrogen and oxygen atoms in total. The van der Waals surface area contributed by atoms with Crippen LogP contribution in [0.3, 0.4) is 0 Å². The molecule has 0 radical (unpaired) electrons. The van der Waals surface area contributed by atoms with Crippen molar-refractivity contribution in [3.63, 3.8) is 0 Å². The standard InChI is InChI=1S/C26H29N3O5S/c1-4-34-22-16-14-21(15-17-22)29(35(3,32)33)18-25(30)28-24-13-9-8-12-23(24)26(31)27-19(2)20-10-6-5-7-11-20/h5-17,19H,4,18H2,1-3H3,(H,27,31)(H,28,30). The Labute approximate surface area is 206 Å². The van der Waals surface area contributed by atoms with E-state index in [4.69, 9.17) is 4.74 Å². The van der Waals surface area contributed by atoms with Crippen LogP contribution in [0, 0.1) is 0 Å². The molecule has 0 bridgehead atoms. The molecular weight excluding hydrogens is 466 g/mol. The topological polar surface area (TPSA) is 105 Å². The molecule has 0 aliphatic heterocycles. The zero-order valence-corrected chi connectivity index (χ0v) is 20.7. The van der Waals surface area contributed by atoms with E-state index in [0.717, 1.165) is 16.1 Å². The van der Waals surface area contributed by atoms with Gasteiger partial charge in [0.2, 0.25) is 15.9 Å². The zero-order valence-electron chi connectivity index (χ0n) is 19.9. The Morgan fingerprint density at radius 3 is 2.20 bits per heavy atom. The third-order valence-electron chi connectivity index (χ3n) is 5.22. The van der Waals surface area contributed by atoms with E-state index in [1.807, 2.05) is 44.2 Å². The molecule has 2 N–H and O–H groups in total. The van der Waals surface area contributed by atoms with Crippen molar-refractivity contribution >= 4 is 33.2 Å². The van der Waals surface area contributed by atoms with Gasteiger partial charge in [-0.2, -0.15) is 0 Å². The van der Waals surface area contributed by atoms with Gasteiger partial charge in [0.15, 0.2) is 0 Å². The largest absolute Gasteiger partial charge is 0.494 e. The number of carbonyl (C=O) groups is 2. The van der Waals surface area contributed by atoms with E-state index in [0.29, 0.717) is 18.0 Å².